The van der Waals surface area contributed by atoms with E-state index in [0.717, 1.165) is 11.8 Å². The zero-order valence-electron chi connectivity index (χ0n) is 10.7. The van der Waals surface area contributed by atoms with Crippen molar-refractivity contribution in [3.05, 3.63) is 0 Å². The van der Waals surface area contributed by atoms with E-state index in [1.54, 1.807) is 0 Å². The third kappa shape index (κ3) is 4.21. The van der Waals surface area contributed by atoms with Crippen molar-refractivity contribution in [3.63, 3.8) is 0 Å². The van der Waals surface area contributed by atoms with Gasteiger partial charge in [-0.1, -0.05) is 12.3 Å². The van der Waals surface area contributed by atoms with E-state index in [1.807, 2.05) is 11.8 Å². The van der Waals surface area contributed by atoms with Crippen LogP contribution in [0.25, 0.3) is 0 Å². The van der Waals surface area contributed by atoms with Crippen LogP contribution < -0.4 is 0 Å². The van der Waals surface area contributed by atoms with Gasteiger partial charge in [-0.2, -0.15) is 0 Å². The molecule has 1 atom stereocenters. The Morgan fingerprint density at radius 2 is 2.06 bits per heavy atom. The monoisotopic (exact) mass is 252 g/mol. The lowest BCUT2D eigenvalue weighted by atomic mass is 10.0. The Kier molecular flexibility index (Phi) is 5.70. The van der Waals surface area contributed by atoms with E-state index in [1.165, 1.54) is 64.2 Å². The van der Waals surface area contributed by atoms with E-state index in [2.05, 4.69) is 15.7 Å². The maximum absolute atomic E-state index is 5.27. The highest BCUT2D eigenvalue weighted by atomic mass is 32.2. The minimum absolute atomic E-state index is 0.837. The number of rotatable bonds is 4. The highest BCUT2D eigenvalue weighted by Crippen LogP contribution is 2.20. The van der Waals surface area contributed by atoms with Crippen LogP contribution in [0.2, 0.25) is 0 Å². The van der Waals surface area contributed by atoms with Crippen LogP contribution in [0.4, 0.5) is 0 Å². The molecule has 2 aliphatic heterocycles. The molecular weight excluding hydrogens is 228 g/mol. The Bertz CT molecular complexity index is 261. The summed E-state index contributed by atoms with van der Waals surface area (Å²) in [7, 11) is 0. The van der Waals surface area contributed by atoms with Crippen LogP contribution in [0.5, 0.6) is 0 Å². The first-order valence-electron chi connectivity index (χ1n) is 6.88. The molecule has 0 bridgehead atoms. The average molecular weight is 252 g/mol. The summed E-state index contributed by atoms with van der Waals surface area (Å²) in [4.78, 5) is 5.37. The van der Waals surface area contributed by atoms with Crippen LogP contribution in [0.3, 0.4) is 0 Å². The van der Waals surface area contributed by atoms with Crippen LogP contribution >= 0.6 is 11.8 Å². The van der Waals surface area contributed by atoms with Gasteiger partial charge in [-0.15, -0.1) is 18.2 Å². The molecule has 0 aliphatic carbocycles. The number of nitrogens with zero attached hydrogens (tertiary/aromatic N) is 2. The molecule has 1 unspecified atom stereocenters. The molecule has 0 aromatic rings. The third-order valence-electron chi connectivity index (χ3n) is 3.87. The predicted octanol–water partition coefficient (Wildman–Crippen LogP) is 1.91. The maximum atomic E-state index is 5.27. The molecule has 96 valence electrons. The summed E-state index contributed by atoms with van der Waals surface area (Å²) >= 11 is 1.89. The molecule has 0 aromatic carbocycles. The molecule has 2 fully saturated rings. The summed E-state index contributed by atoms with van der Waals surface area (Å²) in [6.45, 7) is 6.44. The summed E-state index contributed by atoms with van der Waals surface area (Å²) in [6.07, 6.45) is 10.9. The zero-order chi connectivity index (χ0) is 11.9. The quantitative estimate of drug-likeness (QED) is 0.557. The first-order chi connectivity index (χ1) is 8.40. The van der Waals surface area contributed by atoms with Crippen LogP contribution in [-0.4, -0.2) is 60.1 Å². The van der Waals surface area contributed by atoms with E-state index in [4.69, 9.17) is 6.42 Å². The van der Waals surface area contributed by atoms with Crippen molar-refractivity contribution in [1.29, 1.82) is 0 Å². The van der Waals surface area contributed by atoms with Gasteiger partial charge >= 0.3 is 0 Å². The van der Waals surface area contributed by atoms with Crippen molar-refractivity contribution in [2.45, 2.75) is 31.7 Å². The largest absolute Gasteiger partial charge is 0.301 e. The molecule has 0 N–H and O–H groups in total. The molecule has 0 amide bonds. The number of hydrogen-bond acceptors (Lipinski definition) is 3. The van der Waals surface area contributed by atoms with E-state index in [0.29, 0.717) is 0 Å². The second-order valence-corrected chi connectivity index (χ2v) is 6.20. The maximum Gasteiger partial charge on any atom is 0.0545 e. The number of piperidine rings is 1. The molecule has 3 heteroatoms. The lowest BCUT2D eigenvalue weighted by molar-refractivity contribution is 0.139. The van der Waals surface area contributed by atoms with E-state index >= 15 is 0 Å². The van der Waals surface area contributed by atoms with Crippen molar-refractivity contribution in [3.8, 4) is 12.3 Å². The van der Waals surface area contributed by atoms with Gasteiger partial charge in [0.2, 0.25) is 0 Å². The third-order valence-corrected chi connectivity index (χ3v) is 4.72. The standard InChI is InChI=1S/C14H24N2S/c1-2-11-17-12-10-15-7-5-9-16-8-4-3-6-14(16)13-15/h1,14H,3-13H2. The van der Waals surface area contributed by atoms with Crippen molar-refractivity contribution in [2.24, 2.45) is 0 Å². The second kappa shape index (κ2) is 7.31. The second-order valence-electron chi connectivity index (χ2n) is 5.10. The number of thioether (sulfide) groups is 1. The Hall–Kier alpha value is -0.170. The Morgan fingerprint density at radius 1 is 1.18 bits per heavy atom. The summed E-state index contributed by atoms with van der Waals surface area (Å²) in [6, 6.07) is 0.837. The van der Waals surface area contributed by atoms with Gasteiger partial charge in [-0.3, -0.25) is 4.90 Å². The fraction of sp³-hybridized carbons (Fsp3) is 0.857. The van der Waals surface area contributed by atoms with E-state index in [9.17, 15) is 0 Å². The molecule has 17 heavy (non-hydrogen) atoms. The van der Waals surface area contributed by atoms with Crippen molar-refractivity contribution >= 4 is 11.8 Å². The first-order valence-corrected chi connectivity index (χ1v) is 8.03. The molecule has 2 nitrogen and oxygen atoms in total. The van der Waals surface area contributed by atoms with Crippen molar-refractivity contribution < 1.29 is 0 Å². The molecule has 2 rings (SSSR count). The fourth-order valence-corrected chi connectivity index (χ4v) is 3.63. The van der Waals surface area contributed by atoms with Gasteiger partial charge in [0, 0.05) is 24.9 Å². The fourth-order valence-electron chi connectivity index (χ4n) is 2.98. The molecular formula is C14H24N2S. The molecule has 2 aliphatic rings. The summed E-state index contributed by atoms with van der Waals surface area (Å²) < 4.78 is 0. The topological polar surface area (TPSA) is 6.48 Å². The van der Waals surface area contributed by atoms with Gasteiger partial charge in [-0.25, -0.2) is 0 Å². The molecule has 2 heterocycles. The summed E-state index contributed by atoms with van der Waals surface area (Å²) in [5, 5.41) is 0. The molecule has 0 saturated carbocycles. The van der Waals surface area contributed by atoms with Crippen LogP contribution in [-0.2, 0) is 0 Å². The van der Waals surface area contributed by atoms with Crippen molar-refractivity contribution in [2.75, 3.05) is 44.2 Å². The minimum atomic E-state index is 0.837. The van der Waals surface area contributed by atoms with E-state index in [-0.39, 0.29) is 0 Å². The van der Waals surface area contributed by atoms with Crippen LogP contribution in [0, 0.1) is 12.3 Å². The normalized spacial score (nSPS) is 27.1. The highest BCUT2D eigenvalue weighted by Gasteiger charge is 2.26. The summed E-state index contributed by atoms with van der Waals surface area (Å²) in [5.41, 5.74) is 0. The lowest BCUT2D eigenvalue weighted by Gasteiger charge is -2.35. The van der Waals surface area contributed by atoms with Gasteiger partial charge in [0.25, 0.3) is 0 Å². The molecule has 0 radical (unpaired) electrons. The average Bonchev–Trinajstić information content (AvgIpc) is 2.56. The van der Waals surface area contributed by atoms with Gasteiger partial charge in [0.05, 0.1) is 5.75 Å². The van der Waals surface area contributed by atoms with Crippen LogP contribution in [0.1, 0.15) is 25.7 Å². The Labute approximate surface area is 110 Å². The molecule has 0 spiro atoms. The lowest BCUT2D eigenvalue weighted by Crippen LogP contribution is -2.44. The molecule has 0 aromatic heterocycles. The zero-order valence-corrected chi connectivity index (χ0v) is 11.6. The smallest absolute Gasteiger partial charge is 0.0545 e. The number of hydrogen-bond donors (Lipinski definition) is 0. The molecule has 2 saturated heterocycles. The number of terminal acetylenes is 1. The van der Waals surface area contributed by atoms with Gasteiger partial charge in [0.15, 0.2) is 0 Å². The Morgan fingerprint density at radius 3 is 2.94 bits per heavy atom. The summed E-state index contributed by atoms with van der Waals surface area (Å²) in [5.74, 6) is 4.76. The SMILES string of the molecule is C#CCSCCN1CCCN2CCCCC2C1. The van der Waals surface area contributed by atoms with Gasteiger partial charge < -0.3 is 4.90 Å². The van der Waals surface area contributed by atoms with E-state index < -0.39 is 0 Å². The van der Waals surface area contributed by atoms with Gasteiger partial charge in [-0.05, 0) is 38.9 Å². The highest BCUT2D eigenvalue weighted by molar-refractivity contribution is 7.99. The van der Waals surface area contributed by atoms with Gasteiger partial charge in [0.1, 0.15) is 0 Å². The predicted molar refractivity (Wildman–Crippen MR) is 76.4 cm³/mol. The van der Waals surface area contributed by atoms with Crippen molar-refractivity contribution in [1.82, 2.24) is 9.80 Å². The number of fused-ring (bicyclic) bond motifs is 1. The van der Waals surface area contributed by atoms with Crippen LogP contribution in [0.15, 0.2) is 0 Å². The first kappa shape index (κ1) is 13.3. The minimum Gasteiger partial charge on any atom is -0.301 e. The Balaban J connectivity index is 1.74.